The maximum absolute atomic E-state index is 12.7. The second-order valence-electron chi connectivity index (χ2n) is 4.54. The van der Waals surface area contributed by atoms with Crippen molar-refractivity contribution in [2.75, 3.05) is 5.32 Å². The number of hydrogen-bond donors (Lipinski definition) is 1. The molecule has 23 heavy (non-hydrogen) atoms. The van der Waals surface area contributed by atoms with E-state index >= 15 is 0 Å². The summed E-state index contributed by atoms with van der Waals surface area (Å²) < 4.78 is 38.8. The first-order valence-electron chi connectivity index (χ1n) is 6.37. The third-order valence-electron chi connectivity index (χ3n) is 2.90. The number of rotatable bonds is 4. The lowest BCUT2D eigenvalue weighted by atomic mass is 10.1. The van der Waals surface area contributed by atoms with Gasteiger partial charge < -0.3 is 5.32 Å². The molecule has 2 nitrogen and oxygen atoms in total. The van der Waals surface area contributed by atoms with Crippen LogP contribution in [0.1, 0.15) is 15.9 Å². The van der Waals surface area contributed by atoms with E-state index in [0.717, 1.165) is 22.7 Å². The van der Waals surface area contributed by atoms with Crippen molar-refractivity contribution in [1.29, 1.82) is 0 Å². The van der Waals surface area contributed by atoms with Gasteiger partial charge in [0.1, 0.15) is 0 Å². The molecule has 0 aromatic heterocycles. The van der Waals surface area contributed by atoms with Gasteiger partial charge in [-0.1, -0.05) is 27.5 Å². The second kappa shape index (κ2) is 7.19. The number of carbonyl (C=O) groups excluding carboxylic acids is 1. The highest BCUT2D eigenvalue weighted by Crippen LogP contribution is 2.33. The smallest absolute Gasteiger partial charge is 0.360 e. The molecule has 0 spiro atoms. The quantitative estimate of drug-likeness (QED) is 0.505. The number of nitrogens with one attached hydrogen (secondary N) is 1. The molecule has 120 valence electrons. The molecule has 1 N–H and O–H groups in total. The molecule has 7 heteroatoms. The zero-order valence-corrected chi connectivity index (χ0v) is 13.8. The van der Waals surface area contributed by atoms with Crippen molar-refractivity contribution in [2.24, 2.45) is 0 Å². The number of halogens is 5. The highest BCUT2D eigenvalue weighted by Gasteiger charge is 2.30. The Hall–Kier alpha value is -1.79. The minimum Gasteiger partial charge on any atom is -0.360 e. The van der Waals surface area contributed by atoms with E-state index in [9.17, 15) is 18.0 Å². The highest BCUT2D eigenvalue weighted by molar-refractivity contribution is 9.10. The molecule has 0 saturated heterocycles. The van der Waals surface area contributed by atoms with Crippen LogP contribution in [0.25, 0.3) is 0 Å². The number of carbonyl (C=O) groups is 1. The van der Waals surface area contributed by atoms with Gasteiger partial charge in [-0.25, -0.2) is 0 Å². The number of alkyl halides is 3. The van der Waals surface area contributed by atoms with E-state index < -0.39 is 11.7 Å². The molecule has 2 aromatic carbocycles. The lowest BCUT2D eigenvalue weighted by Crippen LogP contribution is -2.05. The van der Waals surface area contributed by atoms with Crippen molar-refractivity contribution in [3.63, 3.8) is 0 Å². The van der Waals surface area contributed by atoms with Crippen molar-refractivity contribution in [2.45, 2.75) is 6.18 Å². The lowest BCUT2D eigenvalue weighted by molar-refractivity contribution is -0.137. The van der Waals surface area contributed by atoms with E-state index in [1.54, 1.807) is 24.3 Å². The Morgan fingerprint density at radius 1 is 1.13 bits per heavy atom. The molecule has 0 unspecified atom stereocenters. The van der Waals surface area contributed by atoms with E-state index in [1.807, 2.05) is 0 Å². The van der Waals surface area contributed by atoms with Crippen LogP contribution in [-0.4, -0.2) is 5.78 Å². The van der Waals surface area contributed by atoms with E-state index in [0.29, 0.717) is 5.56 Å². The lowest BCUT2D eigenvalue weighted by Gasteiger charge is -2.10. The first kappa shape index (κ1) is 17.6. The summed E-state index contributed by atoms with van der Waals surface area (Å²) in [5, 5.41) is 2.72. The van der Waals surface area contributed by atoms with Crippen molar-refractivity contribution in [3.05, 3.63) is 75.4 Å². The first-order valence-corrected chi connectivity index (χ1v) is 7.54. The van der Waals surface area contributed by atoms with Gasteiger partial charge in [-0.15, -0.1) is 0 Å². The highest BCUT2D eigenvalue weighted by atomic mass is 79.9. The number of hydrogen-bond acceptors (Lipinski definition) is 2. The molecule has 0 atom stereocenters. The van der Waals surface area contributed by atoms with Crippen molar-refractivity contribution >= 4 is 39.0 Å². The number of ketones is 1. The minimum atomic E-state index is -4.46. The van der Waals surface area contributed by atoms with Gasteiger partial charge in [0.2, 0.25) is 0 Å². The van der Waals surface area contributed by atoms with Gasteiger partial charge in [-0.3, -0.25) is 4.79 Å². The zero-order chi connectivity index (χ0) is 17.0. The van der Waals surface area contributed by atoms with Crippen LogP contribution in [0.2, 0.25) is 5.02 Å². The molecule has 0 aliphatic carbocycles. The van der Waals surface area contributed by atoms with Gasteiger partial charge >= 0.3 is 6.18 Å². The first-order chi connectivity index (χ1) is 10.8. The van der Waals surface area contributed by atoms with Crippen LogP contribution < -0.4 is 5.32 Å². The van der Waals surface area contributed by atoms with Crippen LogP contribution in [-0.2, 0) is 6.18 Å². The fourth-order valence-electron chi connectivity index (χ4n) is 1.73. The largest absolute Gasteiger partial charge is 0.416 e. The average molecular weight is 405 g/mol. The summed E-state index contributed by atoms with van der Waals surface area (Å²) in [6.45, 7) is 0. The summed E-state index contributed by atoms with van der Waals surface area (Å²) in [5.41, 5.74) is -0.292. The predicted octanol–water partition coefficient (Wildman–Crippen LogP) is 5.93. The number of allylic oxidation sites excluding steroid dienone is 1. The molecule has 0 radical (unpaired) electrons. The maximum Gasteiger partial charge on any atom is 0.416 e. The summed E-state index contributed by atoms with van der Waals surface area (Å²) in [4.78, 5) is 11.9. The van der Waals surface area contributed by atoms with Crippen molar-refractivity contribution in [1.82, 2.24) is 0 Å². The topological polar surface area (TPSA) is 29.1 Å². The van der Waals surface area contributed by atoms with Crippen molar-refractivity contribution in [3.8, 4) is 0 Å². The van der Waals surface area contributed by atoms with Crippen molar-refractivity contribution < 1.29 is 18.0 Å². The summed E-state index contributed by atoms with van der Waals surface area (Å²) in [6, 6.07) is 9.64. The van der Waals surface area contributed by atoms with Gasteiger partial charge in [0, 0.05) is 22.3 Å². The van der Waals surface area contributed by atoms with Gasteiger partial charge in [0.15, 0.2) is 5.78 Å². The van der Waals surface area contributed by atoms with E-state index in [2.05, 4.69) is 21.2 Å². The maximum atomic E-state index is 12.7. The average Bonchev–Trinajstić information content (AvgIpc) is 2.48. The monoisotopic (exact) mass is 403 g/mol. The van der Waals surface area contributed by atoms with E-state index in [4.69, 9.17) is 11.6 Å². The molecule has 2 aromatic rings. The Bertz CT molecular complexity index is 742. The Labute approximate surface area is 144 Å². The summed E-state index contributed by atoms with van der Waals surface area (Å²) in [5.74, 6) is -0.284. The number of anilines is 1. The van der Waals surface area contributed by atoms with Gasteiger partial charge in [0.25, 0.3) is 0 Å². The summed E-state index contributed by atoms with van der Waals surface area (Å²) >= 11 is 9.10. The fourth-order valence-corrected chi connectivity index (χ4v) is 2.17. The SMILES string of the molecule is O=C(/C=C/Nc1cc(C(F)(F)F)ccc1Cl)c1ccc(Br)cc1. The van der Waals surface area contributed by atoms with Gasteiger partial charge in [-0.05, 0) is 42.5 Å². The standard InChI is InChI=1S/C16H10BrClF3NO/c17-12-4-1-10(2-5-12)15(23)7-8-22-14-9-11(16(19,20)21)3-6-13(14)18/h1-9,22H/b8-7+. The van der Waals surface area contributed by atoms with Gasteiger partial charge in [-0.2, -0.15) is 13.2 Å². The van der Waals surface area contributed by atoms with E-state index in [-0.39, 0.29) is 16.5 Å². The fraction of sp³-hybridized carbons (Fsp3) is 0.0625. The number of benzene rings is 2. The molecule has 0 bridgehead atoms. The Morgan fingerprint density at radius 2 is 1.78 bits per heavy atom. The van der Waals surface area contributed by atoms with Crippen LogP contribution in [0.5, 0.6) is 0 Å². The normalized spacial score (nSPS) is 11.7. The molecule has 0 aliphatic rings. The zero-order valence-electron chi connectivity index (χ0n) is 11.5. The molecular formula is C16H10BrClF3NO. The third kappa shape index (κ3) is 4.84. The predicted molar refractivity (Wildman–Crippen MR) is 87.7 cm³/mol. The van der Waals surface area contributed by atoms with Crippen LogP contribution in [0.4, 0.5) is 18.9 Å². The third-order valence-corrected chi connectivity index (χ3v) is 3.75. The Balaban J connectivity index is 2.11. The molecule has 0 aliphatic heterocycles. The molecule has 0 heterocycles. The molecular weight excluding hydrogens is 395 g/mol. The summed E-state index contributed by atoms with van der Waals surface area (Å²) in [6.07, 6.45) is -1.98. The minimum absolute atomic E-state index is 0.0707. The molecule has 0 saturated carbocycles. The summed E-state index contributed by atoms with van der Waals surface area (Å²) in [7, 11) is 0. The van der Waals surface area contributed by atoms with Crippen LogP contribution in [0.15, 0.2) is 59.2 Å². The van der Waals surface area contributed by atoms with Crippen LogP contribution in [0, 0.1) is 0 Å². The van der Waals surface area contributed by atoms with E-state index in [1.165, 1.54) is 12.3 Å². The Kier molecular flexibility index (Phi) is 5.49. The van der Waals surface area contributed by atoms with Crippen LogP contribution in [0.3, 0.4) is 0 Å². The molecule has 2 rings (SSSR count). The molecule has 0 fully saturated rings. The second-order valence-corrected chi connectivity index (χ2v) is 5.86. The Morgan fingerprint density at radius 3 is 2.39 bits per heavy atom. The van der Waals surface area contributed by atoms with Crippen LogP contribution >= 0.6 is 27.5 Å². The van der Waals surface area contributed by atoms with Gasteiger partial charge in [0.05, 0.1) is 16.3 Å². The molecule has 0 amide bonds.